The maximum atomic E-state index is 12.4. The monoisotopic (exact) mass is 658 g/mol. The minimum atomic E-state index is -0.859. The first-order chi connectivity index (χ1) is 23.2. The third kappa shape index (κ3) is 8.14. The van der Waals surface area contributed by atoms with Crippen LogP contribution in [0, 0.1) is 5.92 Å². The summed E-state index contributed by atoms with van der Waals surface area (Å²) in [5.41, 5.74) is 5.74. The molecule has 3 saturated heterocycles. The number of nitrogens with zero attached hydrogens (tertiary/aromatic N) is 1. The average molecular weight is 659 g/mol. The van der Waals surface area contributed by atoms with Crippen LogP contribution in [0.4, 0.5) is 0 Å². The molecule has 0 saturated carbocycles. The first kappa shape index (κ1) is 34.2. The van der Waals surface area contributed by atoms with Crippen LogP contribution in [-0.2, 0) is 46.4 Å². The zero-order chi connectivity index (χ0) is 33.7. The zero-order valence-electron chi connectivity index (χ0n) is 27.9. The molecule has 0 unspecified atom stereocenters. The molecule has 0 aromatic heterocycles. The van der Waals surface area contributed by atoms with Gasteiger partial charge < -0.3 is 39.0 Å². The van der Waals surface area contributed by atoms with E-state index in [4.69, 9.17) is 23.7 Å². The highest BCUT2D eigenvalue weighted by Crippen LogP contribution is 2.43. The molecule has 256 valence electrons. The number of ether oxygens (including phenoxy) is 5. The van der Waals surface area contributed by atoms with Crippen molar-refractivity contribution in [3.8, 4) is 11.1 Å². The van der Waals surface area contributed by atoms with Crippen LogP contribution in [0.25, 0.3) is 11.1 Å². The number of piperidine rings is 1. The molecule has 3 fully saturated rings. The highest BCUT2D eigenvalue weighted by Gasteiger charge is 2.43. The lowest BCUT2D eigenvalue weighted by Gasteiger charge is -2.44. The Balaban J connectivity index is 1.19. The van der Waals surface area contributed by atoms with E-state index in [2.05, 4.69) is 29.3 Å². The van der Waals surface area contributed by atoms with E-state index < -0.39 is 24.2 Å². The maximum absolute atomic E-state index is 12.4. The first-order valence-corrected chi connectivity index (χ1v) is 16.9. The van der Waals surface area contributed by atoms with E-state index in [0.717, 1.165) is 65.9 Å². The summed E-state index contributed by atoms with van der Waals surface area (Å²) in [7, 11) is 0. The van der Waals surface area contributed by atoms with Gasteiger partial charge in [0.15, 0.2) is 18.2 Å². The van der Waals surface area contributed by atoms with E-state index in [1.165, 1.54) is 6.92 Å². The Hall–Kier alpha value is -3.64. The molecule has 0 aliphatic carbocycles. The third-order valence-corrected chi connectivity index (χ3v) is 9.59. The standard InChI is InChI=1S/C38H46N2O8/c1-25-34(23-40-16-14-38(15-17-40)44-18-19-45-38)47-37(48-35(25)30-12-10-28(24-41)11-13-30)33-9-5-8-32(21-33)31-7-4-6-29(20-31)22-39-36(43)26(2)46-27(3)42/h4-13,20-21,25-26,34-35,37,41H,14-19,22-24H2,1-3H3,(H,39,43)/t25-,26-,34+,35+,37+/m0/s1. The zero-order valence-corrected chi connectivity index (χ0v) is 27.9. The van der Waals surface area contributed by atoms with Crippen LogP contribution in [0.3, 0.4) is 0 Å². The Morgan fingerprint density at radius 2 is 1.62 bits per heavy atom. The molecule has 6 rings (SSSR count). The second-order valence-corrected chi connectivity index (χ2v) is 13.0. The van der Waals surface area contributed by atoms with Crippen molar-refractivity contribution in [3.63, 3.8) is 0 Å². The van der Waals surface area contributed by atoms with Gasteiger partial charge in [-0.15, -0.1) is 0 Å². The number of rotatable bonds is 10. The lowest BCUT2D eigenvalue weighted by Crippen LogP contribution is -2.50. The van der Waals surface area contributed by atoms with Gasteiger partial charge in [0.2, 0.25) is 0 Å². The lowest BCUT2D eigenvalue weighted by molar-refractivity contribution is -0.278. The van der Waals surface area contributed by atoms with Crippen LogP contribution in [0.5, 0.6) is 0 Å². The summed E-state index contributed by atoms with van der Waals surface area (Å²) in [6.07, 6.45) is -0.0503. The fourth-order valence-electron chi connectivity index (χ4n) is 6.81. The van der Waals surface area contributed by atoms with E-state index in [0.29, 0.717) is 19.8 Å². The molecular weight excluding hydrogens is 612 g/mol. The minimum absolute atomic E-state index is 0.00658. The number of aliphatic hydroxyl groups is 1. The van der Waals surface area contributed by atoms with Crippen molar-refractivity contribution in [2.75, 3.05) is 32.8 Å². The second-order valence-electron chi connectivity index (χ2n) is 13.0. The van der Waals surface area contributed by atoms with Crippen LogP contribution < -0.4 is 5.32 Å². The number of likely N-dealkylation sites (tertiary alicyclic amines) is 1. The summed E-state index contributed by atoms with van der Waals surface area (Å²) in [5.74, 6) is -1.19. The molecule has 10 heteroatoms. The number of carbonyl (C=O) groups excluding carboxylic acids is 2. The summed E-state index contributed by atoms with van der Waals surface area (Å²) in [6, 6.07) is 24.2. The van der Waals surface area contributed by atoms with E-state index in [1.54, 1.807) is 6.92 Å². The van der Waals surface area contributed by atoms with Crippen LogP contribution >= 0.6 is 0 Å². The second kappa shape index (κ2) is 15.3. The lowest BCUT2D eigenvalue weighted by atomic mass is 9.89. The summed E-state index contributed by atoms with van der Waals surface area (Å²) >= 11 is 0. The number of hydrogen-bond acceptors (Lipinski definition) is 9. The first-order valence-electron chi connectivity index (χ1n) is 16.9. The van der Waals surface area contributed by atoms with Gasteiger partial charge in [-0.3, -0.25) is 9.59 Å². The van der Waals surface area contributed by atoms with Gasteiger partial charge in [-0.2, -0.15) is 0 Å². The van der Waals surface area contributed by atoms with Crippen molar-refractivity contribution in [1.82, 2.24) is 10.2 Å². The van der Waals surface area contributed by atoms with Gasteiger partial charge in [-0.25, -0.2) is 0 Å². The van der Waals surface area contributed by atoms with Crippen molar-refractivity contribution in [1.29, 1.82) is 0 Å². The van der Waals surface area contributed by atoms with E-state index in [-0.39, 0.29) is 30.6 Å². The number of aliphatic hydroxyl groups excluding tert-OH is 1. The van der Waals surface area contributed by atoms with Crippen LogP contribution in [0.1, 0.15) is 68.3 Å². The van der Waals surface area contributed by atoms with E-state index in [9.17, 15) is 14.7 Å². The molecule has 10 nitrogen and oxygen atoms in total. The molecule has 3 aromatic rings. The van der Waals surface area contributed by atoms with Crippen LogP contribution in [0.2, 0.25) is 0 Å². The Kier molecular flexibility index (Phi) is 10.9. The van der Waals surface area contributed by atoms with Gasteiger partial charge in [-0.05, 0) is 46.9 Å². The number of esters is 1. The Bertz CT molecular complexity index is 1550. The number of hydrogen-bond donors (Lipinski definition) is 2. The number of carbonyl (C=O) groups is 2. The van der Waals surface area contributed by atoms with Crippen molar-refractivity contribution < 1.29 is 38.4 Å². The van der Waals surface area contributed by atoms with E-state index in [1.807, 2.05) is 60.7 Å². The van der Waals surface area contributed by atoms with Crippen molar-refractivity contribution in [2.24, 2.45) is 5.92 Å². The highest BCUT2D eigenvalue weighted by molar-refractivity contribution is 5.82. The smallest absolute Gasteiger partial charge is 0.303 e. The SMILES string of the molecule is CC(=O)O[C@@H](C)C(=O)NCc1cccc(-c2cccc([C@@H]3O[C@H](CN4CCC5(CC4)OCCO5)[C@H](C)[C@H](c4ccc(CO)cc4)O3)c2)c1. The van der Waals surface area contributed by atoms with Gasteiger partial charge in [0, 0.05) is 57.4 Å². The Morgan fingerprint density at radius 3 is 2.31 bits per heavy atom. The molecule has 1 spiro atoms. The van der Waals surface area contributed by atoms with Gasteiger partial charge >= 0.3 is 5.97 Å². The van der Waals surface area contributed by atoms with Crippen LogP contribution in [-0.4, -0.2) is 72.7 Å². The number of nitrogens with one attached hydrogen (secondary N) is 1. The molecular formula is C38H46N2O8. The Labute approximate surface area is 282 Å². The normalized spacial score (nSPS) is 24.7. The minimum Gasteiger partial charge on any atom is -0.453 e. The predicted octanol–water partition coefficient (Wildman–Crippen LogP) is 5.04. The maximum Gasteiger partial charge on any atom is 0.303 e. The summed E-state index contributed by atoms with van der Waals surface area (Å²) in [6.45, 7) is 9.17. The molecule has 2 N–H and O–H groups in total. The average Bonchev–Trinajstić information content (AvgIpc) is 3.57. The summed E-state index contributed by atoms with van der Waals surface area (Å²) in [4.78, 5) is 26.0. The molecule has 0 bridgehead atoms. The number of benzene rings is 3. The molecule has 1 amide bonds. The Morgan fingerprint density at radius 1 is 0.938 bits per heavy atom. The fourth-order valence-corrected chi connectivity index (χ4v) is 6.81. The van der Waals surface area contributed by atoms with Crippen LogP contribution in [0.15, 0.2) is 72.8 Å². The van der Waals surface area contributed by atoms with Crippen molar-refractivity contribution >= 4 is 11.9 Å². The quantitative estimate of drug-likeness (QED) is 0.289. The van der Waals surface area contributed by atoms with Gasteiger partial charge in [0.1, 0.15) is 0 Å². The summed E-state index contributed by atoms with van der Waals surface area (Å²) in [5, 5.41) is 12.5. The van der Waals surface area contributed by atoms with Gasteiger partial charge in [-0.1, -0.05) is 67.6 Å². The van der Waals surface area contributed by atoms with Crippen molar-refractivity contribution in [2.45, 2.75) is 77.2 Å². The van der Waals surface area contributed by atoms with Gasteiger partial charge in [0.25, 0.3) is 5.91 Å². The van der Waals surface area contributed by atoms with E-state index >= 15 is 0 Å². The largest absolute Gasteiger partial charge is 0.453 e. The fraction of sp³-hybridized carbons (Fsp3) is 0.474. The van der Waals surface area contributed by atoms with Crippen molar-refractivity contribution in [3.05, 3.63) is 95.1 Å². The summed E-state index contributed by atoms with van der Waals surface area (Å²) < 4.78 is 30.4. The van der Waals surface area contributed by atoms with Gasteiger partial charge in [0.05, 0.1) is 32.0 Å². The molecule has 3 aromatic carbocycles. The molecule has 0 radical (unpaired) electrons. The topological polar surface area (TPSA) is 116 Å². The molecule has 3 heterocycles. The molecule has 5 atom stereocenters. The third-order valence-electron chi connectivity index (χ3n) is 9.59. The molecule has 3 aliphatic rings. The molecule has 48 heavy (non-hydrogen) atoms. The predicted molar refractivity (Wildman–Crippen MR) is 178 cm³/mol. The highest BCUT2D eigenvalue weighted by atomic mass is 16.7. The number of amides is 1. The molecule has 3 aliphatic heterocycles.